The summed E-state index contributed by atoms with van der Waals surface area (Å²) in [7, 11) is 1.97. The van der Waals surface area contributed by atoms with Gasteiger partial charge in [0, 0.05) is 34.8 Å². The van der Waals surface area contributed by atoms with E-state index < -0.39 is 0 Å². The van der Waals surface area contributed by atoms with E-state index in [4.69, 9.17) is 0 Å². The van der Waals surface area contributed by atoms with E-state index >= 15 is 0 Å². The fraction of sp³-hybridized carbons (Fsp3) is 0.355. The molecule has 1 amide bonds. The van der Waals surface area contributed by atoms with Gasteiger partial charge in [-0.05, 0) is 74.1 Å². The van der Waals surface area contributed by atoms with Crippen molar-refractivity contribution >= 4 is 33.9 Å². The number of likely N-dealkylation sites (N-methyl/N-ethyl adjacent to an activating group) is 1. The third-order valence-electron chi connectivity index (χ3n) is 8.06. The first-order valence-electron chi connectivity index (χ1n) is 14.0. The second-order valence-electron chi connectivity index (χ2n) is 11.1. The number of fused-ring (bicyclic) bond motifs is 2. The van der Waals surface area contributed by atoms with Crippen molar-refractivity contribution in [2.75, 3.05) is 17.7 Å². The van der Waals surface area contributed by atoms with Gasteiger partial charge in [-0.1, -0.05) is 19.9 Å². The predicted molar refractivity (Wildman–Crippen MR) is 158 cm³/mol. The number of nitrogens with one attached hydrogen (secondary N) is 4. The molecular weight excluding hydrogens is 502 g/mol. The van der Waals surface area contributed by atoms with Gasteiger partial charge in [0.1, 0.15) is 5.69 Å². The van der Waals surface area contributed by atoms with Gasteiger partial charge in [-0.2, -0.15) is 5.10 Å². The fourth-order valence-corrected chi connectivity index (χ4v) is 5.80. The molecule has 4 heterocycles. The molecule has 40 heavy (non-hydrogen) atoms. The van der Waals surface area contributed by atoms with E-state index in [0.717, 1.165) is 64.8 Å². The molecule has 0 radical (unpaired) electrons. The standard InChI is InChI=1S/C31H35N7O2/c1-17(2)31(40)35-21-10-20(13-33-14-21)19-6-9-25-23(11-19)30(38-37-25)27-12-26(32-3)29-24(15-34-16-28(29)36-27)18-4-7-22(39)8-5-18/h6,9-18,22,26,32,36,39H,4-5,7-8H2,1-3H3,(H,35,40)(H,37,38). The minimum absolute atomic E-state index is 0.00326. The van der Waals surface area contributed by atoms with Crippen molar-refractivity contribution in [1.82, 2.24) is 25.5 Å². The fourth-order valence-electron chi connectivity index (χ4n) is 5.80. The Bertz CT molecular complexity index is 1580. The number of nitrogens with zero attached hydrogens (tertiary/aromatic N) is 3. The number of carbonyl (C=O) groups is 1. The molecule has 5 N–H and O–H groups in total. The largest absolute Gasteiger partial charge is 0.393 e. The molecule has 1 aliphatic carbocycles. The Hall–Kier alpha value is -4.08. The van der Waals surface area contributed by atoms with E-state index in [9.17, 15) is 9.90 Å². The summed E-state index contributed by atoms with van der Waals surface area (Å²) in [6.07, 6.45) is 12.9. The number of H-pyrrole nitrogens is 1. The highest BCUT2D eigenvalue weighted by Gasteiger charge is 2.30. The topological polar surface area (TPSA) is 128 Å². The number of amides is 1. The van der Waals surface area contributed by atoms with Crippen molar-refractivity contribution in [3.05, 3.63) is 71.9 Å². The van der Waals surface area contributed by atoms with Gasteiger partial charge in [-0.3, -0.25) is 19.9 Å². The van der Waals surface area contributed by atoms with Crippen LogP contribution in [0.15, 0.2) is 55.1 Å². The number of anilines is 2. The van der Waals surface area contributed by atoms with E-state index in [1.54, 1.807) is 12.4 Å². The van der Waals surface area contributed by atoms with Crippen LogP contribution in [0.3, 0.4) is 0 Å². The number of hydrogen-bond donors (Lipinski definition) is 5. The molecule has 0 bridgehead atoms. The van der Waals surface area contributed by atoms with E-state index in [1.165, 1.54) is 11.1 Å². The quantitative estimate of drug-likeness (QED) is 0.224. The summed E-state index contributed by atoms with van der Waals surface area (Å²) >= 11 is 0. The van der Waals surface area contributed by atoms with E-state index in [0.29, 0.717) is 11.6 Å². The van der Waals surface area contributed by atoms with Gasteiger partial charge < -0.3 is 21.1 Å². The van der Waals surface area contributed by atoms with Crippen LogP contribution in [0.25, 0.3) is 27.7 Å². The first kappa shape index (κ1) is 26.2. The lowest BCUT2D eigenvalue weighted by Gasteiger charge is -2.32. The molecule has 9 heteroatoms. The Kier molecular flexibility index (Phi) is 7.08. The molecule has 3 aromatic heterocycles. The lowest BCUT2D eigenvalue weighted by molar-refractivity contribution is -0.118. The number of carbonyl (C=O) groups excluding carboxylic acids is 1. The van der Waals surface area contributed by atoms with Crippen LogP contribution >= 0.6 is 0 Å². The lowest BCUT2D eigenvalue weighted by atomic mass is 9.79. The summed E-state index contributed by atoms with van der Waals surface area (Å²) in [6.45, 7) is 3.73. The Morgan fingerprint density at radius 1 is 1.02 bits per heavy atom. The molecule has 6 rings (SSSR count). The van der Waals surface area contributed by atoms with Crippen LogP contribution in [0, 0.1) is 5.92 Å². The van der Waals surface area contributed by atoms with Crippen LogP contribution < -0.4 is 16.0 Å². The summed E-state index contributed by atoms with van der Waals surface area (Å²) in [5.41, 5.74) is 8.66. The van der Waals surface area contributed by atoms with Crippen LogP contribution in [0.4, 0.5) is 11.4 Å². The van der Waals surface area contributed by atoms with Gasteiger partial charge in [-0.25, -0.2) is 0 Å². The van der Waals surface area contributed by atoms with E-state index in [1.807, 2.05) is 51.5 Å². The van der Waals surface area contributed by atoms with Crippen molar-refractivity contribution in [2.45, 2.75) is 57.6 Å². The minimum atomic E-state index is -0.191. The molecule has 4 aromatic rings. The highest BCUT2D eigenvalue weighted by atomic mass is 16.3. The third kappa shape index (κ3) is 4.98. The van der Waals surface area contributed by atoms with Gasteiger partial charge in [-0.15, -0.1) is 0 Å². The smallest absolute Gasteiger partial charge is 0.226 e. The predicted octanol–water partition coefficient (Wildman–Crippen LogP) is 5.36. The normalized spacial score (nSPS) is 20.6. The van der Waals surface area contributed by atoms with Gasteiger partial charge in [0.2, 0.25) is 5.91 Å². The number of hydrogen-bond acceptors (Lipinski definition) is 7. The van der Waals surface area contributed by atoms with Crippen molar-refractivity contribution in [2.24, 2.45) is 5.92 Å². The number of rotatable bonds is 6. The lowest BCUT2D eigenvalue weighted by Crippen LogP contribution is -2.25. The Morgan fingerprint density at radius 3 is 2.60 bits per heavy atom. The van der Waals surface area contributed by atoms with Gasteiger partial charge >= 0.3 is 0 Å². The van der Waals surface area contributed by atoms with Crippen LogP contribution in [0.5, 0.6) is 0 Å². The molecule has 9 nitrogen and oxygen atoms in total. The monoisotopic (exact) mass is 537 g/mol. The molecule has 1 aliphatic heterocycles. The SMILES string of the molecule is CNC1C=C(c2n[nH]c3ccc(-c4cncc(NC(=O)C(C)C)c4)cc23)Nc2cncc(C3CCC(O)CC3)c21. The first-order valence-corrected chi connectivity index (χ1v) is 14.0. The second kappa shape index (κ2) is 10.8. The molecule has 1 saturated carbocycles. The maximum absolute atomic E-state index is 12.2. The molecule has 206 valence electrons. The highest BCUT2D eigenvalue weighted by molar-refractivity contribution is 5.97. The van der Waals surface area contributed by atoms with Gasteiger partial charge in [0.05, 0.1) is 47.1 Å². The number of aliphatic hydroxyl groups excluding tert-OH is 1. The summed E-state index contributed by atoms with van der Waals surface area (Å²) in [5, 5.41) is 28.9. The number of aliphatic hydroxyl groups is 1. The van der Waals surface area contributed by atoms with E-state index in [-0.39, 0.29) is 24.0 Å². The average molecular weight is 538 g/mol. The Morgan fingerprint density at radius 2 is 1.82 bits per heavy atom. The zero-order valence-electron chi connectivity index (χ0n) is 23.0. The molecule has 1 atom stereocenters. The number of aromatic nitrogens is 4. The van der Waals surface area contributed by atoms with Gasteiger partial charge in [0.25, 0.3) is 0 Å². The maximum Gasteiger partial charge on any atom is 0.226 e. The number of benzene rings is 1. The number of pyridine rings is 2. The summed E-state index contributed by atoms with van der Waals surface area (Å²) in [5.74, 6) is 0.236. The first-order chi connectivity index (χ1) is 19.4. The Balaban J connectivity index is 1.34. The van der Waals surface area contributed by atoms with Crippen molar-refractivity contribution in [3.8, 4) is 11.1 Å². The van der Waals surface area contributed by atoms with Crippen LogP contribution in [-0.2, 0) is 4.79 Å². The average Bonchev–Trinajstić information content (AvgIpc) is 3.40. The van der Waals surface area contributed by atoms with Crippen LogP contribution in [-0.4, -0.2) is 44.3 Å². The van der Waals surface area contributed by atoms with Crippen LogP contribution in [0.2, 0.25) is 0 Å². The molecule has 1 aromatic carbocycles. The molecule has 0 saturated heterocycles. The van der Waals surface area contributed by atoms with E-state index in [2.05, 4.69) is 48.3 Å². The van der Waals surface area contributed by atoms with Gasteiger partial charge in [0.15, 0.2) is 0 Å². The summed E-state index contributed by atoms with van der Waals surface area (Å²) < 4.78 is 0. The minimum Gasteiger partial charge on any atom is -0.393 e. The second-order valence-corrected chi connectivity index (χ2v) is 11.1. The number of aromatic amines is 1. The summed E-state index contributed by atoms with van der Waals surface area (Å²) in [4.78, 5) is 21.1. The molecule has 2 aliphatic rings. The molecule has 1 unspecified atom stereocenters. The van der Waals surface area contributed by atoms with Crippen molar-refractivity contribution in [3.63, 3.8) is 0 Å². The zero-order chi connectivity index (χ0) is 27.8. The van der Waals surface area contributed by atoms with Crippen molar-refractivity contribution in [1.29, 1.82) is 0 Å². The molecular formula is C31H35N7O2. The highest BCUT2D eigenvalue weighted by Crippen LogP contribution is 2.43. The molecule has 0 spiro atoms. The molecule has 1 fully saturated rings. The Labute approximate surface area is 233 Å². The summed E-state index contributed by atoms with van der Waals surface area (Å²) in [6, 6.07) is 8.09. The maximum atomic E-state index is 12.2. The third-order valence-corrected chi connectivity index (χ3v) is 8.06. The van der Waals surface area contributed by atoms with Crippen molar-refractivity contribution < 1.29 is 9.90 Å². The zero-order valence-corrected chi connectivity index (χ0v) is 23.0. The van der Waals surface area contributed by atoms with Crippen LogP contribution in [0.1, 0.15) is 68.3 Å².